The zero-order valence-corrected chi connectivity index (χ0v) is 13.3. The van der Waals surface area contributed by atoms with E-state index in [0.29, 0.717) is 37.1 Å². The van der Waals surface area contributed by atoms with Gasteiger partial charge in [0, 0.05) is 27.3 Å². The maximum Gasteiger partial charge on any atom is 0.161 e. The summed E-state index contributed by atoms with van der Waals surface area (Å²) in [6, 6.07) is 0. The van der Waals surface area contributed by atoms with Crippen molar-refractivity contribution in [2.45, 2.75) is 13.8 Å². The number of hydrogen-bond acceptors (Lipinski definition) is 6. The predicted octanol–water partition coefficient (Wildman–Crippen LogP) is 0.827. The van der Waals surface area contributed by atoms with Gasteiger partial charge in [0.1, 0.15) is 4.99 Å². The highest BCUT2D eigenvalue weighted by Gasteiger charge is 2.19. The Morgan fingerprint density at radius 3 is 2.15 bits per heavy atom. The Bertz CT molecular complexity index is 460. The number of anilines is 1. The summed E-state index contributed by atoms with van der Waals surface area (Å²) in [6.45, 7) is 6.35. The lowest BCUT2D eigenvalue weighted by Gasteiger charge is -2.25. The molecule has 7 heteroatoms. The van der Waals surface area contributed by atoms with Crippen molar-refractivity contribution in [3.8, 4) is 0 Å². The highest BCUT2D eigenvalue weighted by Crippen LogP contribution is 2.22. The van der Waals surface area contributed by atoms with Gasteiger partial charge in [0.2, 0.25) is 0 Å². The molecule has 1 rings (SSSR count). The van der Waals surface area contributed by atoms with Crippen LogP contribution >= 0.6 is 12.2 Å². The molecule has 0 spiro atoms. The number of rotatable bonds is 8. The molecule has 0 saturated carbocycles. The van der Waals surface area contributed by atoms with Crippen molar-refractivity contribution in [2.75, 3.05) is 45.4 Å². The van der Waals surface area contributed by atoms with Crippen LogP contribution < -0.4 is 10.6 Å². The van der Waals surface area contributed by atoms with Gasteiger partial charge in [-0.25, -0.2) is 0 Å². The summed E-state index contributed by atoms with van der Waals surface area (Å²) >= 11 is 5.16. The van der Waals surface area contributed by atoms with Gasteiger partial charge in [-0.3, -0.25) is 0 Å². The second kappa shape index (κ2) is 8.08. The maximum atomic E-state index is 5.85. The van der Waals surface area contributed by atoms with Gasteiger partial charge in [0.15, 0.2) is 5.82 Å². The average Bonchev–Trinajstić information content (AvgIpc) is 2.42. The number of hydrogen-bond donors (Lipinski definition) is 1. The van der Waals surface area contributed by atoms with Gasteiger partial charge in [-0.05, 0) is 19.4 Å². The molecular weight excluding hydrogens is 276 g/mol. The normalized spacial score (nSPS) is 10.6. The van der Waals surface area contributed by atoms with Crippen molar-refractivity contribution in [3.05, 3.63) is 16.8 Å². The van der Waals surface area contributed by atoms with Gasteiger partial charge in [-0.15, -0.1) is 5.10 Å². The fraction of sp³-hybridized carbons (Fsp3) is 0.615. The molecule has 0 aromatic carbocycles. The highest BCUT2D eigenvalue weighted by molar-refractivity contribution is 7.80. The fourth-order valence-electron chi connectivity index (χ4n) is 1.84. The Morgan fingerprint density at radius 1 is 1.15 bits per heavy atom. The van der Waals surface area contributed by atoms with E-state index in [-0.39, 0.29) is 0 Å². The van der Waals surface area contributed by atoms with Crippen LogP contribution in [0.15, 0.2) is 0 Å². The molecule has 0 aliphatic carbocycles. The van der Waals surface area contributed by atoms with Crippen LogP contribution in [0.1, 0.15) is 16.8 Å². The van der Waals surface area contributed by atoms with Crippen LogP contribution in [0.25, 0.3) is 0 Å². The van der Waals surface area contributed by atoms with Crippen molar-refractivity contribution in [1.29, 1.82) is 0 Å². The van der Waals surface area contributed by atoms with Crippen LogP contribution in [0.3, 0.4) is 0 Å². The molecule has 112 valence electrons. The van der Waals surface area contributed by atoms with E-state index in [0.717, 1.165) is 16.8 Å². The first kappa shape index (κ1) is 16.7. The van der Waals surface area contributed by atoms with Gasteiger partial charge in [0.05, 0.1) is 24.5 Å². The molecule has 1 aromatic rings. The summed E-state index contributed by atoms with van der Waals surface area (Å²) in [5.74, 6) is 0.690. The molecule has 0 unspecified atom stereocenters. The lowest BCUT2D eigenvalue weighted by molar-refractivity contribution is 0.190. The summed E-state index contributed by atoms with van der Waals surface area (Å²) in [7, 11) is 3.32. The smallest absolute Gasteiger partial charge is 0.161 e. The molecule has 1 heterocycles. The lowest BCUT2D eigenvalue weighted by atomic mass is 10.1. The topological polar surface area (TPSA) is 73.5 Å². The number of methoxy groups -OCH3 is 2. The third kappa shape index (κ3) is 4.09. The molecule has 0 fully saturated rings. The first-order valence-corrected chi connectivity index (χ1v) is 6.80. The van der Waals surface area contributed by atoms with Crippen molar-refractivity contribution in [3.63, 3.8) is 0 Å². The first-order valence-electron chi connectivity index (χ1n) is 6.39. The molecule has 0 bridgehead atoms. The minimum Gasteiger partial charge on any atom is -0.389 e. The van der Waals surface area contributed by atoms with Gasteiger partial charge < -0.3 is 20.1 Å². The van der Waals surface area contributed by atoms with Crippen LogP contribution in [0, 0.1) is 13.8 Å². The van der Waals surface area contributed by atoms with Gasteiger partial charge in [-0.1, -0.05) is 12.2 Å². The van der Waals surface area contributed by atoms with Crippen LogP contribution in [0.2, 0.25) is 0 Å². The van der Waals surface area contributed by atoms with E-state index in [2.05, 4.69) is 10.2 Å². The van der Waals surface area contributed by atoms with Gasteiger partial charge in [-0.2, -0.15) is 5.10 Å². The second-order valence-corrected chi connectivity index (χ2v) is 4.89. The van der Waals surface area contributed by atoms with Gasteiger partial charge in [0.25, 0.3) is 0 Å². The number of aryl methyl sites for hydroxylation is 1. The molecule has 2 N–H and O–H groups in total. The molecule has 1 aromatic heterocycles. The molecule has 0 saturated heterocycles. The highest BCUT2D eigenvalue weighted by atomic mass is 32.1. The SMILES string of the molecule is COCCN(CCOC)c1nnc(C)c(C)c1C(N)=S. The lowest BCUT2D eigenvalue weighted by Crippen LogP contribution is -2.34. The third-order valence-corrected chi connectivity index (χ3v) is 3.32. The van der Waals surface area contributed by atoms with Crippen molar-refractivity contribution in [1.82, 2.24) is 10.2 Å². The number of nitrogens with zero attached hydrogens (tertiary/aromatic N) is 3. The van der Waals surface area contributed by atoms with E-state index >= 15 is 0 Å². The Labute approximate surface area is 125 Å². The second-order valence-electron chi connectivity index (χ2n) is 4.45. The summed E-state index contributed by atoms with van der Waals surface area (Å²) in [5.41, 5.74) is 8.42. The van der Waals surface area contributed by atoms with E-state index in [1.165, 1.54) is 0 Å². The summed E-state index contributed by atoms with van der Waals surface area (Å²) in [5, 5.41) is 8.43. The molecule has 20 heavy (non-hydrogen) atoms. The van der Waals surface area contributed by atoms with Crippen molar-refractivity contribution < 1.29 is 9.47 Å². The molecule has 0 aliphatic rings. The molecule has 0 aliphatic heterocycles. The largest absolute Gasteiger partial charge is 0.389 e. The predicted molar refractivity (Wildman–Crippen MR) is 83.4 cm³/mol. The Kier molecular flexibility index (Phi) is 6.77. The number of ether oxygens (including phenoxy) is 2. The van der Waals surface area contributed by atoms with Crippen LogP contribution in [0.4, 0.5) is 5.82 Å². The maximum absolute atomic E-state index is 5.85. The van der Waals surface area contributed by atoms with Crippen molar-refractivity contribution >= 4 is 23.0 Å². The average molecular weight is 298 g/mol. The van der Waals surface area contributed by atoms with Crippen LogP contribution in [0.5, 0.6) is 0 Å². The molecule has 0 radical (unpaired) electrons. The summed E-state index contributed by atoms with van der Waals surface area (Å²) in [4.78, 5) is 2.36. The van der Waals surface area contributed by atoms with Crippen LogP contribution in [-0.2, 0) is 9.47 Å². The summed E-state index contributed by atoms with van der Waals surface area (Å²) in [6.07, 6.45) is 0. The minimum absolute atomic E-state index is 0.329. The zero-order chi connectivity index (χ0) is 15.1. The van der Waals surface area contributed by atoms with E-state index in [4.69, 9.17) is 27.4 Å². The first-order chi connectivity index (χ1) is 9.52. The van der Waals surface area contributed by atoms with E-state index in [1.54, 1.807) is 14.2 Å². The Balaban J connectivity index is 3.17. The standard InChI is InChI=1S/C13H22N4O2S/c1-9-10(2)15-16-13(11(9)12(14)20)17(5-7-18-3)6-8-19-4/h5-8H2,1-4H3,(H2,14,20). The monoisotopic (exact) mass is 298 g/mol. The van der Waals surface area contributed by atoms with E-state index in [1.807, 2.05) is 18.7 Å². The molecular formula is C13H22N4O2S. The summed E-state index contributed by atoms with van der Waals surface area (Å²) < 4.78 is 10.3. The van der Waals surface area contributed by atoms with E-state index in [9.17, 15) is 0 Å². The van der Waals surface area contributed by atoms with Crippen molar-refractivity contribution in [2.24, 2.45) is 5.73 Å². The molecule has 0 amide bonds. The number of aromatic nitrogens is 2. The minimum atomic E-state index is 0.329. The molecule has 0 atom stereocenters. The number of nitrogens with two attached hydrogens (primary N) is 1. The van der Waals surface area contributed by atoms with E-state index < -0.39 is 0 Å². The fourth-order valence-corrected chi connectivity index (χ4v) is 2.08. The Morgan fingerprint density at radius 2 is 1.70 bits per heavy atom. The molecule has 6 nitrogen and oxygen atoms in total. The van der Waals surface area contributed by atoms with Crippen LogP contribution in [-0.4, -0.2) is 55.7 Å². The number of thiocarbonyl (C=S) groups is 1. The zero-order valence-electron chi connectivity index (χ0n) is 12.5. The third-order valence-electron chi connectivity index (χ3n) is 3.11. The Hall–Kier alpha value is -1.31. The quantitative estimate of drug-likeness (QED) is 0.712. The van der Waals surface area contributed by atoms with Gasteiger partial charge >= 0.3 is 0 Å².